The van der Waals surface area contributed by atoms with E-state index in [1.807, 2.05) is 12.1 Å². The summed E-state index contributed by atoms with van der Waals surface area (Å²) in [4.78, 5) is 16.5. The maximum atomic E-state index is 13.7. The second-order valence-corrected chi connectivity index (χ2v) is 6.02. The van der Waals surface area contributed by atoms with Crippen LogP contribution in [0.5, 0.6) is 0 Å². The van der Waals surface area contributed by atoms with E-state index in [1.54, 1.807) is 23.1 Å². The fourth-order valence-electron chi connectivity index (χ4n) is 3.04. The van der Waals surface area contributed by atoms with Crippen molar-refractivity contribution in [2.75, 3.05) is 36.4 Å². The number of rotatable bonds is 2. The van der Waals surface area contributed by atoms with Gasteiger partial charge in [-0.25, -0.2) is 9.18 Å². The molecule has 2 aromatic rings. The number of carbonyl (C=O) groups is 1. The number of anilines is 2. The first-order valence-electron chi connectivity index (χ1n) is 8.26. The summed E-state index contributed by atoms with van der Waals surface area (Å²) in [5.41, 5.74) is 2.68. The number of hydrogen-bond donors (Lipinski definition) is 1. The standard InChI is InChI=1S/C19H22FN3O/c1-15-7-2-5-10-18(15)22-11-6-12-23(14-13-22)19(24)21-17-9-4-3-8-16(17)20/h2-5,7-10H,6,11-14H2,1H3,(H,21,24). The van der Waals surface area contributed by atoms with Gasteiger partial charge in [0.05, 0.1) is 5.69 Å². The zero-order valence-electron chi connectivity index (χ0n) is 13.8. The zero-order chi connectivity index (χ0) is 16.9. The molecule has 1 fully saturated rings. The molecule has 4 nitrogen and oxygen atoms in total. The van der Waals surface area contributed by atoms with Crippen molar-refractivity contribution in [3.8, 4) is 0 Å². The van der Waals surface area contributed by atoms with Gasteiger partial charge >= 0.3 is 6.03 Å². The van der Waals surface area contributed by atoms with E-state index in [0.29, 0.717) is 13.1 Å². The monoisotopic (exact) mass is 327 g/mol. The molecule has 1 N–H and O–H groups in total. The third-order valence-electron chi connectivity index (χ3n) is 4.35. The van der Waals surface area contributed by atoms with Gasteiger partial charge in [-0.15, -0.1) is 0 Å². The molecular weight excluding hydrogens is 305 g/mol. The Morgan fingerprint density at radius 1 is 1.00 bits per heavy atom. The Balaban J connectivity index is 1.64. The van der Waals surface area contributed by atoms with Gasteiger partial charge in [-0.05, 0) is 37.1 Å². The lowest BCUT2D eigenvalue weighted by Crippen LogP contribution is -2.38. The van der Waals surface area contributed by atoms with E-state index in [9.17, 15) is 9.18 Å². The van der Waals surface area contributed by atoms with Crippen molar-refractivity contribution in [1.82, 2.24) is 4.90 Å². The molecule has 1 aliphatic rings. The third-order valence-corrected chi connectivity index (χ3v) is 4.35. The number of aryl methyl sites for hydroxylation is 1. The van der Waals surface area contributed by atoms with E-state index in [4.69, 9.17) is 0 Å². The second-order valence-electron chi connectivity index (χ2n) is 6.02. The van der Waals surface area contributed by atoms with E-state index in [2.05, 4.69) is 29.3 Å². The molecular formula is C19H22FN3O. The molecule has 1 saturated heterocycles. The van der Waals surface area contributed by atoms with E-state index < -0.39 is 5.82 Å². The first-order valence-corrected chi connectivity index (χ1v) is 8.26. The Morgan fingerprint density at radius 2 is 1.75 bits per heavy atom. The first kappa shape index (κ1) is 16.3. The number of para-hydroxylation sites is 2. The number of urea groups is 1. The summed E-state index contributed by atoms with van der Waals surface area (Å²) in [7, 11) is 0. The quantitative estimate of drug-likeness (QED) is 0.908. The minimum Gasteiger partial charge on any atom is -0.369 e. The zero-order valence-corrected chi connectivity index (χ0v) is 13.8. The summed E-state index contributed by atoms with van der Waals surface area (Å²) < 4.78 is 13.7. The molecule has 24 heavy (non-hydrogen) atoms. The van der Waals surface area contributed by atoms with Crippen LogP contribution >= 0.6 is 0 Å². The molecule has 0 saturated carbocycles. The average molecular weight is 327 g/mol. The molecule has 0 aromatic heterocycles. The number of nitrogens with zero attached hydrogens (tertiary/aromatic N) is 2. The summed E-state index contributed by atoms with van der Waals surface area (Å²) >= 11 is 0. The van der Waals surface area contributed by atoms with E-state index in [0.717, 1.165) is 19.5 Å². The number of amides is 2. The molecule has 126 valence electrons. The fraction of sp³-hybridized carbons (Fsp3) is 0.316. The highest BCUT2D eigenvalue weighted by Crippen LogP contribution is 2.21. The van der Waals surface area contributed by atoms with Gasteiger partial charge in [0.25, 0.3) is 0 Å². The molecule has 0 radical (unpaired) electrons. The molecule has 2 aromatic carbocycles. The maximum absolute atomic E-state index is 13.7. The molecule has 3 rings (SSSR count). The Morgan fingerprint density at radius 3 is 2.54 bits per heavy atom. The Hall–Kier alpha value is -2.56. The summed E-state index contributed by atoms with van der Waals surface area (Å²) in [6, 6.07) is 14.3. The lowest BCUT2D eigenvalue weighted by Gasteiger charge is -2.25. The van der Waals surface area contributed by atoms with Gasteiger partial charge < -0.3 is 15.1 Å². The van der Waals surface area contributed by atoms with Gasteiger partial charge in [-0.1, -0.05) is 30.3 Å². The molecule has 0 spiro atoms. The molecule has 1 aliphatic heterocycles. The number of benzene rings is 2. The molecule has 0 atom stereocenters. The lowest BCUT2D eigenvalue weighted by atomic mass is 10.2. The third kappa shape index (κ3) is 3.67. The van der Waals surface area contributed by atoms with Gasteiger partial charge in [0.2, 0.25) is 0 Å². The van der Waals surface area contributed by atoms with E-state index in [1.165, 1.54) is 17.3 Å². The van der Waals surface area contributed by atoms with Gasteiger partial charge in [0.1, 0.15) is 5.82 Å². The Labute approximate surface area is 141 Å². The highest BCUT2D eigenvalue weighted by molar-refractivity contribution is 5.89. The largest absolute Gasteiger partial charge is 0.369 e. The van der Waals surface area contributed by atoms with E-state index >= 15 is 0 Å². The van der Waals surface area contributed by atoms with E-state index in [-0.39, 0.29) is 11.7 Å². The van der Waals surface area contributed by atoms with Crippen LogP contribution in [0, 0.1) is 12.7 Å². The van der Waals surface area contributed by atoms with Crippen LogP contribution in [0.3, 0.4) is 0 Å². The predicted octanol–water partition coefficient (Wildman–Crippen LogP) is 3.88. The molecule has 0 unspecified atom stereocenters. The van der Waals surface area contributed by atoms with Crippen LogP contribution in [0.2, 0.25) is 0 Å². The van der Waals surface area contributed by atoms with Crippen LogP contribution in [-0.2, 0) is 0 Å². The maximum Gasteiger partial charge on any atom is 0.321 e. The van der Waals surface area contributed by atoms with Crippen molar-refractivity contribution in [2.24, 2.45) is 0 Å². The summed E-state index contributed by atoms with van der Waals surface area (Å²) in [6.07, 6.45) is 0.888. The summed E-state index contributed by atoms with van der Waals surface area (Å²) in [6.45, 7) is 5.07. The van der Waals surface area contributed by atoms with Crippen molar-refractivity contribution in [2.45, 2.75) is 13.3 Å². The SMILES string of the molecule is Cc1ccccc1N1CCCN(C(=O)Nc2ccccc2F)CC1. The van der Waals surface area contributed by atoms with Gasteiger partial charge in [-0.2, -0.15) is 0 Å². The molecule has 2 amide bonds. The smallest absolute Gasteiger partial charge is 0.321 e. The van der Waals surface area contributed by atoms with Crippen molar-refractivity contribution in [3.63, 3.8) is 0 Å². The van der Waals surface area contributed by atoms with Crippen molar-refractivity contribution < 1.29 is 9.18 Å². The van der Waals surface area contributed by atoms with Crippen LogP contribution in [0.25, 0.3) is 0 Å². The van der Waals surface area contributed by atoms with Crippen LogP contribution in [0.15, 0.2) is 48.5 Å². The van der Waals surface area contributed by atoms with Crippen LogP contribution in [0.1, 0.15) is 12.0 Å². The molecule has 5 heteroatoms. The van der Waals surface area contributed by atoms with Crippen LogP contribution < -0.4 is 10.2 Å². The minimum absolute atomic E-state index is 0.225. The van der Waals surface area contributed by atoms with Crippen molar-refractivity contribution in [1.29, 1.82) is 0 Å². The normalized spacial score (nSPS) is 15.1. The summed E-state index contributed by atoms with van der Waals surface area (Å²) in [5.74, 6) is -0.415. The van der Waals surface area contributed by atoms with Gasteiger partial charge in [0, 0.05) is 31.9 Å². The van der Waals surface area contributed by atoms with Gasteiger partial charge in [-0.3, -0.25) is 0 Å². The molecule has 0 aliphatic carbocycles. The predicted molar refractivity (Wildman–Crippen MR) is 95.0 cm³/mol. The Kier molecular flexibility index (Phi) is 4.99. The Bertz CT molecular complexity index is 719. The summed E-state index contributed by atoms with van der Waals surface area (Å²) in [5, 5.41) is 2.67. The fourth-order valence-corrected chi connectivity index (χ4v) is 3.04. The number of nitrogens with one attached hydrogen (secondary N) is 1. The number of hydrogen-bond acceptors (Lipinski definition) is 2. The number of halogens is 1. The van der Waals surface area contributed by atoms with Crippen LogP contribution in [-0.4, -0.2) is 37.1 Å². The number of carbonyl (C=O) groups excluding carboxylic acids is 1. The average Bonchev–Trinajstić information content (AvgIpc) is 2.83. The van der Waals surface area contributed by atoms with Crippen LogP contribution in [0.4, 0.5) is 20.6 Å². The first-order chi connectivity index (χ1) is 11.6. The molecule has 0 bridgehead atoms. The lowest BCUT2D eigenvalue weighted by molar-refractivity contribution is 0.215. The second kappa shape index (κ2) is 7.34. The van der Waals surface area contributed by atoms with Gasteiger partial charge in [0.15, 0.2) is 0 Å². The van der Waals surface area contributed by atoms with Crippen molar-refractivity contribution in [3.05, 3.63) is 59.9 Å². The minimum atomic E-state index is -0.415. The highest BCUT2D eigenvalue weighted by atomic mass is 19.1. The van der Waals surface area contributed by atoms with Crippen molar-refractivity contribution >= 4 is 17.4 Å². The molecule has 1 heterocycles. The highest BCUT2D eigenvalue weighted by Gasteiger charge is 2.20. The topological polar surface area (TPSA) is 35.6 Å².